The average molecular weight is 435 g/mol. The first-order valence-corrected chi connectivity index (χ1v) is 13.1. The zero-order valence-corrected chi connectivity index (χ0v) is 19.2. The molecule has 0 bridgehead atoms. The number of rotatable bonds is 7. The molecule has 0 spiro atoms. The molecule has 4 rings (SSSR count). The van der Waals surface area contributed by atoms with Crippen LogP contribution in [0.1, 0.15) is 55.7 Å². The van der Waals surface area contributed by atoms with Crippen LogP contribution < -0.4 is 0 Å². The summed E-state index contributed by atoms with van der Waals surface area (Å²) in [6.45, 7) is 8.49. The topological polar surface area (TPSA) is 26.7 Å². The molecular formula is C22H30N2OS3. The summed E-state index contributed by atoms with van der Waals surface area (Å²) in [5.74, 6) is 0.512. The second kappa shape index (κ2) is 9.35. The summed E-state index contributed by atoms with van der Waals surface area (Å²) in [5, 5.41) is 11.1. The van der Waals surface area contributed by atoms with Crippen LogP contribution in [0.3, 0.4) is 0 Å². The van der Waals surface area contributed by atoms with Crippen LogP contribution in [0.2, 0.25) is 0 Å². The van der Waals surface area contributed by atoms with Gasteiger partial charge in [-0.05, 0) is 81.5 Å². The zero-order valence-electron chi connectivity index (χ0n) is 16.7. The minimum atomic E-state index is 0.512. The van der Waals surface area contributed by atoms with Crippen molar-refractivity contribution in [1.82, 2.24) is 9.80 Å². The molecule has 28 heavy (non-hydrogen) atoms. The summed E-state index contributed by atoms with van der Waals surface area (Å²) < 4.78 is 1.04. The van der Waals surface area contributed by atoms with Crippen LogP contribution in [0.15, 0.2) is 12.1 Å². The lowest BCUT2D eigenvalue weighted by Gasteiger charge is -2.21. The zero-order chi connectivity index (χ0) is 19.5. The van der Waals surface area contributed by atoms with Gasteiger partial charge in [-0.1, -0.05) is 46.2 Å². The molecule has 0 unspecified atom stereocenters. The molecule has 152 valence electrons. The van der Waals surface area contributed by atoms with Gasteiger partial charge in [0.2, 0.25) is 0 Å². The lowest BCUT2D eigenvalue weighted by atomic mass is 9.99. The van der Waals surface area contributed by atoms with Crippen LogP contribution >= 0.6 is 32.9 Å². The highest BCUT2D eigenvalue weighted by atomic mass is 32.9. The number of phenolic OH excluding ortho intramolecular Hbond substituents is 1. The van der Waals surface area contributed by atoms with E-state index in [1.807, 2.05) is 0 Å². The lowest BCUT2D eigenvalue weighted by Crippen LogP contribution is -2.20. The van der Waals surface area contributed by atoms with Crippen molar-refractivity contribution >= 4 is 32.9 Å². The Kier molecular flexibility index (Phi) is 6.84. The molecule has 0 saturated carbocycles. The van der Waals surface area contributed by atoms with Gasteiger partial charge in [0, 0.05) is 24.2 Å². The fraction of sp³-hybridized carbons (Fsp3) is 0.591. The number of benzene rings is 1. The van der Waals surface area contributed by atoms with Crippen LogP contribution in [-0.2, 0) is 19.5 Å². The van der Waals surface area contributed by atoms with Gasteiger partial charge in [0.1, 0.15) is 9.57 Å². The van der Waals surface area contributed by atoms with E-state index in [1.54, 1.807) is 20.7 Å². The van der Waals surface area contributed by atoms with Crippen molar-refractivity contribution < 1.29 is 5.11 Å². The van der Waals surface area contributed by atoms with E-state index >= 15 is 0 Å². The summed E-state index contributed by atoms with van der Waals surface area (Å²) in [6.07, 6.45) is 7.24. The lowest BCUT2D eigenvalue weighted by molar-refractivity contribution is 0.312. The van der Waals surface area contributed by atoms with E-state index in [0.29, 0.717) is 5.75 Å². The molecule has 1 N–H and O–H groups in total. The van der Waals surface area contributed by atoms with Crippen molar-refractivity contribution in [3.63, 3.8) is 0 Å². The largest absolute Gasteiger partial charge is 0.507 e. The van der Waals surface area contributed by atoms with Gasteiger partial charge in [0.05, 0.1) is 4.88 Å². The van der Waals surface area contributed by atoms with Crippen LogP contribution in [0, 0.1) is 3.82 Å². The minimum absolute atomic E-state index is 0.512. The predicted octanol–water partition coefficient (Wildman–Crippen LogP) is 6.06. The fourth-order valence-electron chi connectivity index (χ4n) is 4.46. The van der Waals surface area contributed by atoms with Crippen molar-refractivity contribution in [1.29, 1.82) is 0 Å². The summed E-state index contributed by atoms with van der Waals surface area (Å²) in [4.78, 5) is 6.27. The number of nitrogens with zero attached hydrogens (tertiary/aromatic N) is 2. The van der Waals surface area contributed by atoms with E-state index < -0.39 is 0 Å². The first-order valence-electron chi connectivity index (χ1n) is 10.6. The van der Waals surface area contributed by atoms with Gasteiger partial charge in [0.15, 0.2) is 0 Å². The summed E-state index contributed by atoms with van der Waals surface area (Å²) >= 11 is 5.62. The van der Waals surface area contributed by atoms with Crippen molar-refractivity contribution in [2.75, 3.05) is 26.2 Å². The maximum Gasteiger partial charge on any atom is 0.124 e. The molecule has 2 saturated heterocycles. The molecule has 0 radical (unpaired) electrons. The Morgan fingerprint density at radius 3 is 1.96 bits per heavy atom. The van der Waals surface area contributed by atoms with Crippen molar-refractivity contribution in [3.05, 3.63) is 32.6 Å². The molecule has 0 atom stereocenters. The van der Waals surface area contributed by atoms with Crippen LogP contribution in [-0.4, -0.2) is 41.1 Å². The van der Waals surface area contributed by atoms with Gasteiger partial charge in [-0.3, -0.25) is 9.80 Å². The summed E-state index contributed by atoms with van der Waals surface area (Å²) in [5.41, 5.74) is 4.75. The quantitative estimate of drug-likeness (QED) is 0.423. The van der Waals surface area contributed by atoms with E-state index in [1.165, 1.54) is 41.7 Å². The third-order valence-corrected chi connectivity index (χ3v) is 9.13. The molecule has 2 fully saturated rings. The molecule has 6 heteroatoms. The molecule has 3 heterocycles. The molecule has 3 nitrogen and oxygen atoms in total. The van der Waals surface area contributed by atoms with E-state index in [9.17, 15) is 5.11 Å². The Bertz CT molecular complexity index is 822. The predicted molar refractivity (Wildman–Crippen MR) is 123 cm³/mol. The van der Waals surface area contributed by atoms with E-state index in [2.05, 4.69) is 28.9 Å². The number of hydrogen-bond acceptors (Lipinski definition) is 6. The molecule has 2 aliphatic rings. The maximum absolute atomic E-state index is 11.1. The smallest absolute Gasteiger partial charge is 0.124 e. The Labute approximate surface area is 181 Å². The molecule has 1 aromatic carbocycles. The Balaban J connectivity index is 1.73. The highest BCUT2D eigenvalue weighted by Gasteiger charge is 2.21. The fourth-order valence-corrected chi connectivity index (χ4v) is 7.45. The van der Waals surface area contributed by atoms with Crippen LogP contribution in [0.5, 0.6) is 5.75 Å². The first-order chi connectivity index (χ1) is 13.7. The Morgan fingerprint density at radius 1 is 0.929 bits per heavy atom. The number of hydrogen-bond donors (Lipinski definition) is 1. The van der Waals surface area contributed by atoms with Crippen LogP contribution in [0.4, 0.5) is 0 Å². The highest BCUT2D eigenvalue weighted by molar-refractivity contribution is 7.80. The average Bonchev–Trinajstić information content (AvgIpc) is 3.43. The monoisotopic (exact) mass is 434 g/mol. The molecular weight excluding hydrogens is 404 g/mol. The van der Waals surface area contributed by atoms with E-state index in [4.69, 9.17) is 12.2 Å². The van der Waals surface area contributed by atoms with Gasteiger partial charge in [-0.15, -0.1) is 0 Å². The van der Waals surface area contributed by atoms with Gasteiger partial charge in [-0.2, -0.15) is 0 Å². The number of aromatic hydroxyl groups is 1. The summed E-state index contributed by atoms with van der Waals surface area (Å²) in [6, 6.07) is 4.46. The maximum atomic E-state index is 11.1. The van der Waals surface area contributed by atoms with Crippen molar-refractivity contribution in [2.45, 2.75) is 58.5 Å². The number of phenols is 1. The Morgan fingerprint density at radius 2 is 1.46 bits per heavy atom. The standard InChI is InChI=1S/C22H30N2OS3/c1-2-7-19-21(27-28-22(19)26)16-12-17(14-23-8-3-4-9-23)20(25)18(13-16)15-24-10-5-6-11-24/h12-13,25H,2-11,14-15H2,1H3. The van der Waals surface area contributed by atoms with E-state index in [0.717, 1.165) is 67.1 Å². The summed E-state index contributed by atoms with van der Waals surface area (Å²) in [7, 11) is 3.53. The van der Waals surface area contributed by atoms with Gasteiger partial charge in [0.25, 0.3) is 0 Å². The van der Waals surface area contributed by atoms with Gasteiger partial charge in [-0.25, -0.2) is 0 Å². The highest BCUT2D eigenvalue weighted by Crippen LogP contribution is 2.39. The molecule has 0 aliphatic carbocycles. The minimum Gasteiger partial charge on any atom is -0.507 e. The third kappa shape index (κ3) is 4.51. The van der Waals surface area contributed by atoms with E-state index in [-0.39, 0.29) is 0 Å². The number of likely N-dealkylation sites (tertiary alicyclic amines) is 2. The molecule has 0 amide bonds. The molecule has 1 aromatic heterocycles. The first kappa shape index (κ1) is 20.5. The van der Waals surface area contributed by atoms with Crippen molar-refractivity contribution in [3.8, 4) is 16.2 Å². The van der Waals surface area contributed by atoms with Crippen LogP contribution in [0.25, 0.3) is 10.4 Å². The van der Waals surface area contributed by atoms with Crippen molar-refractivity contribution in [2.24, 2.45) is 0 Å². The normalized spacial score (nSPS) is 18.3. The third-order valence-electron chi connectivity index (χ3n) is 5.94. The molecule has 2 aromatic rings. The Hall–Kier alpha value is -0.790. The second-order valence-electron chi connectivity index (χ2n) is 8.12. The van der Waals surface area contributed by atoms with Gasteiger partial charge >= 0.3 is 0 Å². The van der Waals surface area contributed by atoms with Gasteiger partial charge < -0.3 is 5.11 Å². The SMILES string of the molecule is CCCc1c(-c2cc(CN3CCCC3)c(O)c(CN3CCCC3)c2)ssc1=S. The second-order valence-corrected chi connectivity index (χ2v) is 10.9. The molecule has 2 aliphatic heterocycles.